The minimum Gasteiger partial charge on any atom is -0.406 e. The van der Waals surface area contributed by atoms with Gasteiger partial charge in [0.15, 0.2) is 0 Å². The second-order valence-corrected chi connectivity index (χ2v) is 4.39. The molecule has 0 fully saturated rings. The van der Waals surface area contributed by atoms with E-state index in [4.69, 9.17) is 0 Å². The molecule has 2 atom stereocenters. The summed E-state index contributed by atoms with van der Waals surface area (Å²) in [6.45, 7) is 6.17. The van der Waals surface area contributed by atoms with Crippen LogP contribution in [0.5, 0.6) is 5.75 Å². The third kappa shape index (κ3) is 4.85. The fourth-order valence-electron chi connectivity index (χ4n) is 1.54. The maximum absolute atomic E-state index is 12.1. The summed E-state index contributed by atoms with van der Waals surface area (Å²) in [5.41, 5.74) is 0.629. The average Bonchev–Trinajstić information content (AvgIpc) is 2.26. The SMILES string of the molecule is CCC(C)C(C)Nc1cccc(OC(F)(F)F)c1. The highest BCUT2D eigenvalue weighted by atomic mass is 19.4. The summed E-state index contributed by atoms with van der Waals surface area (Å²) < 4.78 is 40.1. The van der Waals surface area contributed by atoms with Crippen molar-refractivity contribution in [2.24, 2.45) is 5.92 Å². The second-order valence-electron chi connectivity index (χ2n) is 4.39. The number of ether oxygens (including phenoxy) is 1. The highest BCUT2D eigenvalue weighted by molar-refractivity contribution is 5.48. The zero-order chi connectivity index (χ0) is 13.8. The number of hydrogen-bond donors (Lipinski definition) is 1. The molecule has 0 aliphatic carbocycles. The molecule has 0 aliphatic heterocycles. The fraction of sp³-hybridized carbons (Fsp3) is 0.538. The van der Waals surface area contributed by atoms with Gasteiger partial charge in [-0.25, -0.2) is 0 Å². The van der Waals surface area contributed by atoms with E-state index in [1.165, 1.54) is 18.2 Å². The quantitative estimate of drug-likeness (QED) is 0.846. The molecule has 0 amide bonds. The lowest BCUT2D eigenvalue weighted by atomic mass is 10.0. The van der Waals surface area contributed by atoms with E-state index in [1.807, 2.05) is 6.92 Å². The topological polar surface area (TPSA) is 21.3 Å². The molecule has 1 aromatic rings. The highest BCUT2D eigenvalue weighted by Crippen LogP contribution is 2.25. The third-order valence-corrected chi connectivity index (χ3v) is 2.96. The monoisotopic (exact) mass is 261 g/mol. The van der Waals surface area contributed by atoms with E-state index in [2.05, 4.69) is 23.9 Å². The van der Waals surface area contributed by atoms with Gasteiger partial charge in [-0.3, -0.25) is 0 Å². The summed E-state index contributed by atoms with van der Waals surface area (Å²) in [5.74, 6) is 0.237. The molecule has 5 heteroatoms. The van der Waals surface area contributed by atoms with Gasteiger partial charge in [0, 0.05) is 17.8 Å². The van der Waals surface area contributed by atoms with Crippen LogP contribution >= 0.6 is 0 Å². The van der Waals surface area contributed by atoms with Crippen molar-refractivity contribution in [3.63, 3.8) is 0 Å². The Hall–Kier alpha value is -1.39. The number of halogens is 3. The maximum atomic E-state index is 12.1. The molecule has 0 heterocycles. The van der Waals surface area contributed by atoms with Gasteiger partial charge in [0.2, 0.25) is 0 Å². The molecule has 0 bridgehead atoms. The first kappa shape index (κ1) is 14.7. The molecular weight excluding hydrogens is 243 g/mol. The van der Waals surface area contributed by atoms with E-state index in [9.17, 15) is 13.2 Å². The molecule has 18 heavy (non-hydrogen) atoms. The van der Waals surface area contributed by atoms with Crippen molar-refractivity contribution in [1.29, 1.82) is 0 Å². The normalized spacial score (nSPS) is 15.0. The van der Waals surface area contributed by atoms with Gasteiger partial charge in [-0.05, 0) is 25.0 Å². The second kappa shape index (κ2) is 5.98. The van der Waals surface area contributed by atoms with Crippen molar-refractivity contribution >= 4 is 5.69 Å². The zero-order valence-electron chi connectivity index (χ0n) is 10.7. The van der Waals surface area contributed by atoms with Gasteiger partial charge < -0.3 is 10.1 Å². The summed E-state index contributed by atoms with van der Waals surface area (Å²) in [6, 6.07) is 6.09. The van der Waals surface area contributed by atoms with Crippen LogP contribution < -0.4 is 10.1 Å². The third-order valence-electron chi connectivity index (χ3n) is 2.96. The van der Waals surface area contributed by atoms with E-state index < -0.39 is 6.36 Å². The Morgan fingerprint density at radius 3 is 2.50 bits per heavy atom. The lowest BCUT2D eigenvalue weighted by molar-refractivity contribution is -0.274. The molecule has 0 saturated carbocycles. The Morgan fingerprint density at radius 1 is 1.28 bits per heavy atom. The van der Waals surface area contributed by atoms with E-state index in [-0.39, 0.29) is 11.8 Å². The van der Waals surface area contributed by atoms with Crippen molar-refractivity contribution in [1.82, 2.24) is 0 Å². The Morgan fingerprint density at radius 2 is 1.94 bits per heavy atom. The van der Waals surface area contributed by atoms with E-state index in [1.54, 1.807) is 6.07 Å². The summed E-state index contributed by atoms with van der Waals surface area (Å²) in [5, 5.41) is 3.17. The lowest BCUT2D eigenvalue weighted by Gasteiger charge is -2.21. The predicted molar refractivity (Wildman–Crippen MR) is 65.7 cm³/mol. The van der Waals surface area contributed by atoms with Crippen molar-refractivity contribution in [3.05, 3.63) is 24.3 Å². The zero-order valence-corrected chi connectivity index (χ0v) is 10.7. The highest BCUT2D eigenvalue weighted by Gasteiger charge is 2.31. The number of benzene rings is 1. The molecule has 102 valence electrons. The number of nitrogens with one attached hydrogen (secondary N) is 1. The van der Waals surface area contributed by atoms with Crippen molar-refractivity contribution < 1.29 is 17.9 Å². The molecule has 0 radical (unpaired) electrons. The van der Waals surface area contributed by atoms with Gasteiger partial charge in [-0.1, -0.05) is 26.3 Å². The van der Waals surface area contributed by atoms with Crippen molar-refractivity contribution in [3.8, 4) is 5.75 Å². The van der Waals surface area contributed by atoms with Crippen LogP contribution in [-0.2, 0) is 0 Å². The molecular formula is C13H18F3NO. The van der Waals surface area contributed by atoms with Crippen LogP contribution in [0, 0.1) is 5.92 Å². The Labute approximate surface area is 105 Å². The minimum atomic E-state index is -4.65. The van der Waals surface area contributed by atoms with Gasteiger partial charge in [-0.15, -0.1) is 13.2 Å². The Balaban J connectivity index is 2.70. The first-order chi connectivity index (χ1) is 8.31. The largest absolute Gasteiger partial charge is 0.573 e. The van der Waals surface area contributed by atoms with Crippen molar-refractivity contribution in [2.75, 3.05) is 5.32 Å². The summed E-state index contributed by atoms with van der Waals surface area (Å²) in [6.07, 6.45) is -3.64. The van der Waals surface area contributed by atoms with Crippen LogP contribution in [0.3, 0.4) is 0 Å². The van der Waals surface area contributed by atoms with Gasteiger partial charge in [0.25, 0.3) is 0 Å². The molecule has 1 aromatic carbocycles. The van der Waals surface area contributed by atoms with E-state index >= 15 is 0 Å². The molecule has 0 aromatic heterocycles. The van der Waals surface area contributed by atoms with E-state index in [0.717, 1.165) is 6.42 Å². The molecule has 1 N–H and O–H groups in total. The lowest BCUT2D eigenvalue weighted by Crippen LogP contribution is -2.23. The minimum absolute atomic E-state index is 0.191. The van der Waals surface area contributed by atoms with Crippen LogP contribution in [0.2, 0.25) is 0 Å². The van der Waals surface area contributed by atoms with Crippen LogP contribution in [0.25, 0.3) is 0 Å². The molecule has 0 saturated heterocycles. The molecule has 2 unspecified atom stereocenters. The van der Waals surface area contributed by atoms with Crippen LogP contribution in [0.1, 0.15) is 27.2 Å². The van der Waals surface area contributed by atoms with E-state index in [0.29, 0.717) is 11.6 Å². The standard InChI is InChI=1S/C13H18F3NO/c1-4-9(2)10(3)17-11-6-5-7-12(8-11)18-13(14,15)16/h5-10,17H,4H2,1-3H3. The number of alkyl halides is 3. The van der Waals surface area contributed by atoms with Crippen LogP contribution in [0.4, 0.5) is 18.9 Å². The fourth-order valence-corrected chi connectivity index (χ4v) is 1.54. The molecule has 1 rings (SSSR count). The number of rotatable bonds is 5. The average molecular weight is 261 g/mol. The van der Waals surface area contributed by atoms with Crippen LogP contribution in [0.15, 0.2) is 24.3 Å². The van der Waals surface area contributed by atoms with Gasteiger partial charge in [0.05, 0.1) is 0 Å². The Bertz CT molecular complexity index is 379. The molecule has 0 aliphatic rings. The smallest absolute Gasteiger partial charge is 0.406 e. The summed E-state index contributed by atoms with van der Waals surface area (Å²) in [7, 11) is 0. The van der Waals surface area contributed by atoms with Crippen LogP contribution in [-0.4, -0.2) is 12.4 Å². The molecule has 2 nitrogen and oxygen atoms in total. The van der Waals surface area contributed by atoms with Gasteiger partial charge >= 0.3 is 6.36 Å². The maximum Gasteiger partial charge on any atom is 0.573 e. The van der Waals surface area contributed by atoms with Crippen molar-refractivity contribution in [2.45, 2.75) is 39.6 Å². The van der Waals surface area contributed by atoms with Gasteiger partial charge in [-0.2, -0.15) is 0 Å². The first-order valence-electron chi connectivity index (χ1n) is 5.94. The number of anilines is 1. The predicted octanol–water partition coefficient (Wildman–Crippen LogP) is 4.43. The Kier molecular flexibility index (Phi) is 4.87. The molecule has 0 spiro atoms. The summed E-state index contributed by atoms with van der Waals surface area (Å²) in [4.78, 5) is 0. The summed E-state index contributed by atoms with van der Waals surface area (Å²) >= 11 is 0. The van der Waals surface area contributed by atoms with Gasteiger partial charge in [0.1, 0.15) is 5.75 Å². The first-order valence-corrected chi connectivity index (χ1v) is 5.94. The number of hydrogen-bond acceptors (Lipinski definition) is 2.